The highest BCUT2D eigenvalue weighted by molar-refractivity contribution is 6.52. The summed E-state index contributed by atoms with van der Waals surface area (Å²) in [5.74, 6) is -1.37. The second-order valence-corrected chi connectivity index (χ2v) is 4.43. The van der Waals surface area contributed by atoms with Crippen molar-refractivity contribution in [1.82, 2.24) is 0 Å². The fourth-order valence-electron chi connectivity index (χ4n) is 2.05. The van der Waals surface area contributed by atoms with Gasteiger partial charge in [-0.15, -0.1) is 0 Å². The summed E-state index contributed by atoms with van der Waals surface area (Å²) in [5.41, 5.74) is 0.806. The molecule has 0 saturated heterocycles. The fourth-order valence-corrected chi connectivity index (χ4v) is 2.05. The summed E-state index contributed by atoms with van der Waals surface area (Å²) in [5, 5.41) is 0. The van der Waals surface area contributed by atoms with Crippen molar-refractivity contribution < 1.29 is 23.9 Å². The molecule has 0 aliphatic carbocycles. The van der Waals surface area contributed by atoms with Gasteiger partial charge >= 0.3 is 5.97 Å². The minimum atomic E-state index is -0.691. The average Bonchev–Trinajstić information content (AvgIpc) is 2.72. The third-order valence-electron chi connectivity index (χ3n) is 3.09. The quantitative estimate of drug-likeness (QED) is 0.464. The standard InChI is InChI=1S/C15H15NO5/c1-4-21-15(19)9(2)8-16-12-7-10(20-3)5-6-11(12)13(17)14(16)18/h5-7H,2,4,8H2,1,3H3. The first-order valence-electron chi connectivity index (χ1n) is 6.38. The van der Waals surface area contributed by atoms with Gasteiger partial charge in [0.1, 0.15) is 5.75 Å². The van der Waals surface area contributed by atoms with E-state index < -0.39 is 17.7 Å². The van der Waals surface area contributed by atoms with E-state index in [0.717, 1.165) is 0 Å². The van der Waals surface area contributed by atoms with E-state index in [1.165, 1.54) is 18.1 Å². The van der Waals surface area contributed by atoms with E-state index >= 15 is 0 Å². The predicted molar refractivity (Wildman–Crippen MR) is 75.5 cm³/mol. The summed E-state index contributed by atoms with van der Waals surface area (Å²) in [6, 6.07) is 4.71. The van der Waals surface area contributed by atoms with Gasteiger partial charge in [0.2, 0.25) is 0 Å². The van der Waals surface area contributed by atoms with Crippen molar-refractivity contribution >= 4 is 23.3 Å². The van der Waals surface area contributed by atoms with E-state index in [0.29, 0.717) is 11.4 Å². The van der Waals surface area contributed by atoms with Crippen molar-refractivity contribution in [2.24, 2.45) is 0 Å². The summed E-state index contributed by atoms with van der Waals surface area (Å²) in [6.45, 7) is 5.40. The first kappa shape index (κ1) is 14.8. The first-order chi connectivity index (χ1) is 9.99. The number of anilines is 1. The van der Waals surface area contributed by atoms with Gasteiger partial charge in [0.15, 0.2) is 0 Å². The van der Waals surface area contributed by atoms with Gasteiger partial charge in [0.05, 0.1) is 31.5 Å². The largest absolute Gasteiger partial charge is 0.497 e. The molecule has 0 N–H and O–H groups in total. The number of Topliss-reactive ketones (excluding diaryl/α,β-unsaturated/α-hetero) is 1. The Morgan fingerprint density at radius 1 is 1.33 bits per heavy atom. The highest BCUT2D eigenvalue weighted by Gasteiger charge is 2.36. The van der Waals surface area contributed by atoms with Crippen molar-refractivity contribution in [3.05, 3.63) is 35.9 Å². The number of ketones is 1. The first-order valence-corrected chi connectivity index (χ1v) is 6.38. The summed E-state index contributed by atoms with van der Waals surface area (Å²) >= 11 is 0. The zero-order valence-corrected chi connectivity index (χ0v) is 11.8. The maximum absolute atomic E-state index is 12.0. The number of carbonyl (C=O) groups is 3. The molecule has 0 unspecified atom stereocenters. The van der Waals surface area contributed by atoms with E-state index in [1.807, 2.05) is 0 Å². The molecule has 1 aliphatic rings. The maximum atomic E-state index is 12.0. The van der Waals surface area contributed by atoms with Crippen molar-refractivity contribution in [2.75, 3.05) is 25.2 Å². The molecule has 110 valence electrons. The number of benzene rings is 1. The Morgan fingerprint density at radius 3 is 2.67 bits per heavy atom. The van der Waals surface area contributed by atoms with E-state index in [-0.39, 0.29) is 24.3 Å². The number of esters is 1. The Morgan fingerprint density at radius 2 is 2.05 bits per heavy atom. The molecule has 0 radical (unpaired) electrons. The van der Waals surface area contributed by atoms with Gasteiger partial charge in [-0.25, -0.2) is 4.79 Å². The second kappa shape index (κ2) is 5.78. The molecule has 21 heavy (non-hydrogen) atoms. The van der Waals surface area contributed by atoms with Crippen LogP contribution in [0.15, 0.2) is 30.4 Å². The Balaban J connectivity index is 2.29. The fraction of sp³-hybridized carbons (Fsp3) is 0.267. The predicted octanol–water partition coefficient (Wildman–Crippen LogP) is 1.34. The van der Waals surface area contributed by atoms with Gasteiger partial charge in [0, 0.05) is 11.6 Å². The monoisotopic (exact) mass is 289 g/mol. The topological polar surface area (TPSA) is 72.9 Å². The number of ether oxygens (including phenoxy) is 2. The molecule has 2 rings (SSSR count). The zero-order chi connectivity index (χ0) is 15.6. The highest BCUT2D eigenvalue weighted by atomic mass is 16.5. The Labute approximate surface area is 121 Å². The smallest absolute Gasteiger partial charge is 0.335 e. The van der Waals surface area contributed by atoms with Crippen LogP contribution < -0.4 is 9.64 Å². The molecule has 1 amide bonds. The van der Waals surface area contributed by atoms with E-state index in [2.05, 4.69) is 6.58 Å². The van der Waals surface area contributed by atoms with Crippen LogP contribution in [0.25, 0.3) is 0 Å². The Bertz CT molecular complexity index is 635. The van der Waals surface area contributed by atoms with E-state index in [1.54, 1.807) is 19.1 Å². The maximum Gasteiger partial charge on any atom is 0.335 e. The minimum Gasteiger partial charge on any atom is -0.497 e. The summed E-state index contributed by atoms with van der Waals surface area (Å²) in [4.78, 5) is 36.7. The molecule has 0 bridgehead atoms. The lowest BCUT2D eigenvalue weighted by Gasteiger charge is -2.17. The summed E-state index contributed by atoms with van der Waals surface area (Å²) in [7, 11) is 1.49. The van der Waals surface area contributed by atoms with E-state index in [9.17, 15) is 14.4 Å². The Kier molecular flexibility index (Phi) is 4.07. The normalized spacial score (nSPS) is 13.1. The van der Waals surface area contributed by atoms with E-state index in [4.69, 9.17) is 9.47 Å². The van der Waals surface area contributed by atoms with Crippen molar-refractivity contribution in [3.8, 4) is 5.75 Å². The van der Waals surface area contributed by atoms with Crippen molar-refractivity contribution in [1.29, 1.82) is 0 Å². The number of methoxy groups -OCH3 is 1. The van der Waals surface area contributed by atoms with Gasteiger partial charge in [-0.05, 0) is 19.1 Å². The van der Waals surface area contributed by atoms with Crippen LogP contribution in [0, 0.1) is 0 Å². The van der Waals surface area contributed by atoms with Crippen LogP contribution in [-0.2, 0) is 14.3 Å². The third-order valence-corrected chi connectivity index (χ3v) is 3.09. The number of hydrogen-bond acceptors (Lipinski definition) is 5. The van der Waals surface area contributed by atoms with Crippen molar-refractivity contribution in [2.45, 2.75) is 6.92 Å². The lowest BCUT2D eigenvalue weighted by atomic mass is 10.1. The number of carbonyl (C=O) groups excluding carboxylic acids is 3. The van der Waals surface area contributed by atoms with Crippen LogP contribution in [0.3, 0.4) is 0 Å². The second-order valence-electron chi connectivity index (χ2n) is 4.43. The molecule has 1 aliphatic heterocycles. The Hall–Kier alpha value is -2.63. The molecule has 0 saturated carbocycles. The number of fused-ring (bicyclic) bond motifs is 1. The van der Waals surface area contributed by atoms with Crippen LogP contribution >= 0.6 is 0 Å². The minimum absolute atomic E-state index is 0.0937. The average molecular weight is 289 g/mol. The number of amides is 1. The molecule has 6 heteroatoms. The summed E-state index contributed by atoms with van der Waals surface area (Å²) < 4.78 is 9.91. The number of nitrogens with zero attached hydrogens (tertiary/aromatic N) is 1. The zero-order valence-electron chi connectivity index (χ0n) is 11.8. The van der Waals surface area contributed by atoms with Crippen LogP contribution in [0.1, 0.15) is 17.3 Å². The lowest BCUT2D eigenvalue weighted by molar-refractivity contribution is -0.138. The van der Waals surface area contributed by atoms with Gasteiger partial charge in [0.25, 0.3) is 11.7 Å². The molecule has 1 aromatic carbocycles. The van der Waals surface area contributed by atoms with Crippen LogP contribution in [0.4, 0.5) is 5.69 Å². The lowest BCUT2D eigenvalue weighted by Crippen LogP contribution is -2.33. The van der Waals surface area contributed by atoms with Crippen LogP contribution in [-0.4, -0.2) is 37.9 Å². The number of rotatable bonds is 5. The molecule has 6 nitrogen and oxygen atoms in total. The van der Waals surface area contributed by atoms with Gasteiger partial charge < -0.3 is 9.47 Å². The molecular formula is C15H15NO5. The third kappa shape index (κ3) is 2.65. The molecular weight excluding hydrogens is 274 g/mol. The summed E-state index contributed by atoms with van der Waals surface area (Å²) in [6.07, 6.45) is 0. The molecule has 0 spiro atoms. The molecule has 1 aromatic rings. The number of hydrogen-bond donors (Lipinski definition) is 0. The molecule has 0 fully saturated rings. The van der Waals surface area contributed by atoms with Gasteiger partial charge in [-0.1, -0.05) is 6.58 Å². The van der Waals surface area contributed by atoms with Crippen molar-refractivity contribution in [3.63, 3.8) is 0 Å². The molecule has 1 heterocycles. The van der Waals surface area contributed by atoms with Crippen LogP contribution in [0.2, 0.25) is 0 Å². The SMILES string of the molecule is C=C(CN1C(=O)C(=O)c2ccc(OC)cc21)C(=O)OCC. The molecule has 0 atom stereocenters. The molecule has 0 aromatic heterocycles. The highest BCUT2D eigenvalue weighted by Crippen LogP contribution is 2.32. The van der Waals surface area contributed by atoms with Gasteiger partial charge in [-0.3, -0.25) is 14.5 Å². The van der Waals surface area contributed by atoms with Crippen LogP contribution in [0.5, 0.6) is 5.75 Å². The van der Waals surface area contributed by atoms with Gasteiger partial charge in [-0.2, -0.15) is 0 Å².